The molecule has 4 nitrogen and oxygen atoms in total. The average Bonchev–Trinajstić information content (AvgIpc) is 3.12. The maximum atomic E-state index is 11.4. The topological polar surface area (TPSA) is 58.3 Å². The first-order valence-corrected chi connectivity index (χ1v) is 11.5. The van der Waals surface area contributed by atoms with Crippen LogP contribution in [-0.2, 0) is 7.05 Å². The van der Waals surface area contributed by atoms with Gasteiger partial charge in [-0.15, -0.1) is 0 Å². The van der Waals surface area contributed by atoms with Crippen LogP contribution >= 0.6 is 0 Å². The highest BCUT2D eigenvalue weighted by Crippen LogP contribution is 2.65. The van der Waals surface area contributed by atoms with Crippen molar-refractivity contribution in [3.63, 3.8) is 0 Å². The van der Waals surface area contributed by atoms with Crippen LogP contribution in [0.1, 0.15) is 70.1 Å². The number of aromatic nitrogens is 2. The molecule has 0 unspecified atom stereocenters. The fourth-order valence-electron chi connectivity index (χ4n) is 7.60. The maximum Gasteiger partial charge on any atom is 0.0809 e. The molecule has 3 fully saturated rings. The second kappa shape index (κ2) is 6.55. The summed E-state index contributed by atoms with van der Waals surface area (Å²) in [5, 5.41) is 26.0. The molecule has 1 aromatic heterocycles. The van der Waals surface area contributed by atoms with Gasteiger partial charge in [0, 0.05) is 24.2 Å². The van der Waals surface area contributed by atoms with Crippen LogP contribution in [-0.4, -0.2) is 32.2 Å². The molecule has 7 atom stereocenters. The van der Waals surface area contributed by atoms with Crippen LogP contribution in [0.2, 0.25) is 0 Å². The Morgan fingerprint density at radius 2 is 1.93 bits per heavy atom. The molecule has 0 saturated heterocycles. The third kappa shape index (κ3) is 2.82. The molecular formula is C25H36N2O2. The summed E-state index contributed by atoms with van der Waals surface area (Å²) in [6.07, 6.45) is 13.6. The summed E-state index contributed by atoms with van der Waals surface area (Å²) in [6, 6.07) is 0. The number of rotatable bonds is 1. The third-order valence-corrected chi connectivity index (χ3v) is 9.34. The van der Waals surface area contributed by atoms with Crippen molar-refractivity contribution in [2.75, 3.05) is 0 Å². The van der Waals surface area contributed by atoms with Crippen molar-refractivity contribution in [3.05, 3.63) is 34.7 Å². The van der Waals surface area contributed by atoms with E-state index in [1.165, 1.54) is 17.6 Å². The van der Waals surface area contributed by atoms with Crippen LogP contribution in [0.15, 0.2) is 23.4 Å². The number of allylic oxidation sites excluding steroid dienone is 1. The van der Waals surface area contributed by atoms with Gasteiger partial charge in [0.15, 0.2) is 0 Å². The van der Waals surface area contributed by atoms with Crippen LogP contribution in [0.4, 0.5) is 0 Å². The molecule has 2 N–H and O–H groups in total. The third-order valence-electron chi connectivity index (χ3n) is 9.34. The Labute approximate surface area is 174 Å². The molecular weight excluding hydrogens is 360 g/mol. The molecule has 0 radical (unpaired) electrons. The van der Waals surface area contributed by atoms with Crippen molar-refractivity contribution < 1.29 is 10.2 Å². The summed E-state index contributed by atoms with van der Waals surface area (Å²) in [4.78, 5) is 0. The predicted octanol–water partition coefficient (Wildman–Crippen LogP) is 4.41. The molecule has 4 aliphatic carbocycles. The van der Waals surface area contributed by atoms with Gasteiger partial charge >= 0.3 is 0 Å². The van der Waals surface area contributed by atoms with Gasteiger partial charge in [0.05, 0.1) is 17.9 Å². The van der Waals surface area contributed by atoms with Gasteiger partial charge in [0.1, 0.15) is 0 Å². The van der Waals surface area contributed by atoms with E-state index < -0.39 is 0 Å². The lowest BCUT2D eigenvalue weighted by molar-refractivity contribution is -0.0685. The van der Waals surface area contributed by atoms with Crippen LogP contribution < -0.4 is 0 Å². The smallest absolute Gasteiger partial charge is 0.0809 e. The molecule has 3 saturated carbocycles. The van der Waals surface area contributed by atoms with Crippen molar-refractivity contribution in [2.45, 2.75) is 77.9 Å². The number of hydrogen-bond donors (Lipinski definition) is 2. The quantitative estimate of drug-likeness (QED) is 0.692. The Bertz CT molecular complexity index is 883. The molecule has 5 rings (SSSR count). The van der Waals surface area contributed by atoms with E-state index in [0.717, 1.165) is 49.8 Å². The summed E-state index contributed by atoms with van der Waals surface area (Å²) in [6.45, 7) is 6.84. The van der Waals surface area contributed by atoms with E-state index in [1.807, 2.05) is 18.7 Å². The van der Waals surface area contributed by atoms with E-state index in [9.17, 15) is 10.2 Å². The molecule has 1 aromatic rings. The average molecular weight is 397 g/mol. The van der Waals surface area contributed by atoms with E-state index in [4.69, 9.17) is 0 Å². The fraction of sp³-hybridized carbons (Fsp3) is 0.720. The van der Waals surface area contributed by atoms with E-state index in [0.29, 0.717) is 17.8 Å². The molecule has 0 aliphatic heterocycles. The monoisotopic (exact) mass is 396 g/mol. The van der Waals surface area contributed by atoms with Crippen LogP contribution in [0.5, 0.6) is 0 Å². The van der Waals surface area contributed by atoms with Crippen LogP contribution in [0.3, 0.4) is 0 Å². The van der Waals surface area contributed by atoms with E-state index in [2.05, 4.69) is 37.3 Å². The van der Waals surface area contributed by atoms with Crippen molar-refractivity contribution in [3.8, 4) is 0 Å². The zero-order valence-corrected chi connectivity index (χ0v) is 18.4. The minimum Gasteiger partial charge on any atom is -0.393 e. The SMILES string of the molecule is Cc1nn(C)cc1/C=C1/C[C@H]2[C@@H]3CC=C4C[C@@H](O)CC[C@]4(C)[C@H]3CC[C@]2(C)[C@H]1O. The summed E-state index contributed by atoms with van der Waals surface area (Å²) in [5.74, 6) is 1.88. The Morgan fingerprint density at radius 1 is 1.14 bits per heavy atom. The van der Waals surface area contributed by atoms with Gasteiger partial charge in [-0.2, -0.15) is 5.10 Å². The summed E-state index contributed by atoms with van der Waals surface area (Å²) in [7, 11) is 1.96. The number of aliphatic hydroxyl groups excluding tert-OH is 2. The normalized spacial score (nSPS) is 45.5. The lowest BCUT2D eigenvalue weighted by Gasteiger charge is -2.57. The largest absolute Gasteiger partial charge is 0.393 e. The van der Waals surface area contributed by atoms with Crippen molar-refractivity contribution in [1.29, 1.82) is 0 Å². The van der Waals surface area contributed by atoms with Crippen LogP contribution in [0.25, 0.3) is 6.08 Å². The van der Waals surface area contributed by atoms with E-state index in [1.54, 1.807) is 0 Å². The predicted molar refractivity (Wildman–Crippen MR) is 115 cm³/mol. The minimum absolute atomic E-state index is 0.0149. The second-order valence-corrected chi connectivity index (χ2v) is 10.9. The second-order valence-electron chi connectivity index (χ2n) is 10.9. The lowest BCUT2D eigenvalue weighted by atomic mass is 9.48. The van der Waals surface area contributed by atoms with E-state index >= 15 is 0 Å². The number of fused-ring (bicyclic) bond motifs is 5. The number of nitrogens with zero attached hydrogens (tertiary/aromatic N) is 2. The molecule has 0 aromatic carbocycles. The van der Waals surface area contributed by atoms with Gasteiger partial charge in [-0.25, -0.2) is 0 Å². The first-order valence-electron chi connectivity index (χ1n) is 11.5. The Balaban J connectivity index is 1.48. The standard InChI is InChI=1S/C25H36N2O2/c1-15-17(14-27(4)26-15)11-16-12-22-20-6-5-18-13-19(28)7-9-24(18,2)21(20)8-10-25(22,3)23(16)29/h5,11,14,19-23,28-29H,6-10,12-13H2,1-4H3/b16-11-/t19-,20+,21-,22-,23-,24-,25-/m0/s1. The molecule has 0 bridgehead atoms. The van der Waals surface area contributed by atoms with Crippen molar-refractivity contribution >= 4 is 6.08 Å². The maximum absolute atomic E-state index is 11.4. The highest BCUT2D eigenvalue weighted by molar-refractivity contribution is 5.57. The van der Waals surface area contributed by atoms with Gasteiger partial charge in [0.25, 0.3) is 0 Å². The Morgan fingerprint density at radius 3 is 2.66 bits per heavy atom. The summed E-state index contributed by atoms with van der Waals surface area (Å²) >= 11 is 0. The lowest BCUT2D eigenvalue weighted by Crippen LogP contribution is -2.51. The number of aliphatic hydroxyl groups is 2. The highest BCUT2D eigenvalue weighted by Gasteiger charge is 2.59. The zero-order chi connectivity index (χ0) is 20.6. The Hall–Kier alpha value is -1.39. The van der Waals surface area contributed by atoms with Gasteiger partial charge in [0.2, 0.25) is 0 Å². The molecule has 0 amide bonds. The van der Waals surface area contributed by atoms with Gasteiger partial charge in [-0.05, 0) is 86.7 Å². The Kier molecular flexibility index (Phi) is 4.42. The summed E-state index contributed by atoms with van der Waals surface area (Å²) in [5.41, 5.74) is 5.12. The van der Waals surface area contributed by atoms with Gasteiger partial charge < -0.3 is 10.2 Å². The minimum atomic E-state index is -0.348. The van der Waals surface area contributed by atoms with Crippen molar-refractivity contribution in [2.24, 2.45) is 35.6 Å². The molecule has 29 heavy (non-hydrogen) atoms. The first-order chi connectivity index (χ1) is 13.7. The number of aryl methyl sites for hydroxylation is 2. The molecule has 4 heteroatoms. The molecule has 0 spiro atoms. The molecule has 4 aliphatic rings. The van der Waals surface area contributed by atoms with Gasteiger partial charge in [-0.3, -0.25) is 4.68 Å². The van der Waals surface area contributed by atoms with Crippen molar-refractivity contribution in [1.82, 2.24) is 9.78 Å². The number of hydrogen-bond acceptors (Lipinski definition) is 3. The highest BCUT2D eigenvalue weighted by atomic mass is 16.3. The zero-order valence-electron chi connectivity index (χ0n) is 18.4. The van der Waals surface area contributed by atoms with E-state index in [-0.39, 0.29) is 23.0 Å². The molecule has 158 valence electrons. The van der Waals surface area contributed by atoms with Crippen LogP contribution in [0, 0.1) is 35.5 Å². The summed E-state index contributed by atoms with van der Waals surface area (Å²) < 4.78 is 1.86. The fourth-order valence-corrected chi connectivity index (χ4v) is 7.60. The first kappa shape index (κ1) is 19.6. The van der Waals surface area contributed by atoms with Gasteiger partial charge in [-0.1, -0.05) is 25.5 Å². The molecule has 1 heterocycles.